The van der Waals surface area contributed by atoms with Crippen LogP contribution in [0.3, 0.4) is 0 Å². The number of nitrogens with zero attached hydrogens (tertiary/aromatic N) is 4. The minimum absolute atomic E-state index is 0.0146. The second-order valence-electron chi connectivity index (χ2n) is 7.88. The van der Waals surface area contributed by atoms with Crippen molar-refractivity contribution < 1.29 is 72.4 Å². The molecule has 1 saturated heterocycles. The zero-order valence-electron chi connectivity index (χ0n) is 19.0. The number of fused-ring (bicyclic) bond motifs is 1. The summed E-state index contributed by atoms with van der Waals surface area (Å²) in [6.45, 7) is -2.28. The smallest absolute Gasteiger partial charge is 0.394 e. The number of hydrogen-bond acceptors (Lipinski definition) is 17. The maximum atomic E-state index is 13.0. The number of rotatable bonds is 13. The highest BCUT2D eigenvalue weighted by Crippen LogP contribution is 2.62. The molecule has 0 radical (unpaired) electrons. The van der Waals surface area contributed by atoms with Gasteiger partial charge in [-0.3, -0.25) is 13.6 Å². The predicted molar refractivity (Wildman–Crippen MR) is 118 cm³/mol. The lowest BCUT2D eigenvalue weighted by molar-refractivity contribution is -0.135. The fraction of sp³-hybridized carbons (Fsp3) is 0.625. The molecule has 1 fully saturated rings. The van der Waals surface area contributed by atoms with Gasteiger partial charge in [-0.05, 0) is 0 Å². The number of aromatic nitrogens is 4. The van der Waals surface area contributed by atoms with Gasteiger partial charge in [-0.15, -0.1) is 0 Å². The van der Waals surface area contributed by atoms with E-state index in [-0.39, 0.29) is 23.3 Å². The number of aliphatic hydroxyl groups excluding tert-OH is 6. The van der Waals surface area contributed by atoms with Crippen LogP contribution in [0.4, 0.5) is 5.82 Å². The molecule has 1 aliphatic heterocycles. The summed E-state index contributed by atoms with van der Waals surface area (Å²) in [6, 6.07) is 0. The van der Waals surface area contributed by atoms with Gasteiger partial charge in [-0.2, -0.15) is 4.31 Å². The highest BCUT2D eigenvalue weighted by molar-refractivity contribution is 7.61. The van der Waals surface area contributed by atoms with E-state index in [0.717, 1.165) is 6.33 Å². The van der Waals surface area contributed by atoms with E-state index in [1.54, 1.807) is 0 Å². The molecule has 9 atom stereocenters. The van der Waals surface area contributed by atoms with Crippen molar-refractivity contribution in [2.45, 2.75) is 49.0 Å². The van der Waals surface area contributed by atoms with E-state index in [1.165, 1.54) is 10.9 Å². The van der Waals surface area contributed by atoms with Gasteiger partial charge in [0.05, 0.1) is 19.5 Å². The topological polar surface area (TPSA) is 320 Å². The zero-order valence-corrected chi connectivity index (χ0v) is 20.7. The molecular weight excluding hydrogens is 564 g/mol. The Balaban J connectivity index is 1.78. The molecule has 0 saturated carbocycles. The van der Waals surface area contributed by atoms with Gasteiger partial charge < -0.3 is 55.7 Å². The highest BCUT2D eigenvalue weighted by atomic mass is 31.3. The number of carbonyl (C=O) groups is 1. The Morgan fingerprint density at radius 3 is 2.42 bits per heavy atom. The molecule has 0 aromatic carbocycles. The number of anilines is 1. The van der Waals surface area contributed by atoms with Gasteiger partial charge in [0.25, 0.3) is 0 Å². The Morgan fingerprint density at radius 2 is 1.82 bits per heavy atom. The van der Waals surface area contributed by atoms with Crippen molar-refractivity contribution in [1.29, 1.82) is 0 Å². The Bertz CT molecular complexity index is 1210. The van der Waals surface area contributed by atoms with Crippen LogP contribution in [0.1, 0.15) is 6.23 Å². The van der Waals surface area contributed by atoms with Gasteiger partial charge in [0.2, 0.25) is 0 Å². The molecule has 3 heterocycles. The third-order valence-corrected chi connectivity index (χ3v) is 7.91. The van der Waals surface area contributed by atoms with E-state index in [2.05, 4.69) is 19.3 Å². The normalized spacial score (nSPS) is 27.1. The second kappa shape index (κ2) is 12.0. The first-order chi connectivity index (χ1) is 17.7. The Morgan fingerprint density at radius 1 is 1.13 bits per heavy atom. The van der Waals surface area contributed by atoms with Crippen LogP contribution < -0.4 is 5.73 Å². The molecule has 2 aromatic rings. The molecule has 0 amide bonds. The van der Waals surface area contributed by atoms with Crippen LogP contribution in [0.25, 0.3) is 11.2 Å². The van der Waals surface area contributed by atoms with Gasteiger partial charge in [0.15, 0.2) is 24.0 Å². The minimum atomic E-state index is -5.64. The number of hydrogen-bond donors (Lipinski definition) is 9. The van der Waals surface area contributed by atoms with Gasteiger partial charge in [0, 0.05) is 0 Å². The molecule has 0 bridgehead atoms. The molecule has 20 nitrogen and oxygen atoms in total. The van der Waals surface area contributed by atoms with E-state index in [1.807, 2.05) is 0 Å². The average molecular weight is 589 g/mol. The third-order valence-electron chi connectivity index (χ3n) is 5.27. The van der Waals surface area contributed by atoms with Crippen molar-refractivity contribution in [1.82, 2.24) is 19.5 Å². The standard InChI is InChI=1S/C16H25N5O15P2/c17-14-9-15(19-4-18-14)21(5-20-9)16-13(28)12(27)8(34-16)3-33-38(32,36-37(29,30)31)35-7(2-23)11(26)10(25)6(24)1-22/h1,4-8,10-13,16,23-28H,2-3H2,(H2,17,18,19)(H2,29,30,31)/t6-,7+,8+,10+,11+,12+,13+,16+,38?/m0/s1. The van der Waals surface area contributed by atoms with E-state index in [4.69, 9.17) is 29.3 Å². The number of phosphoric acid groups is 2. The van der Waals surface area contributed by atoms with Crippen LogP contribution in [0, 0.1) is 0 Å². The molecule has 1 unspecified atom stereocenters. The van der Waals surface area contributed by atoms with Gasteiger partial charge in [-0.1, -0.05) is 0 Å². The fourth-order valence-corrected chi connectivity index (χ4v) is 5.69. The number of aliphatic hydroxyl groups is 6. The SMILES string of the molecule is Nc1ncnc2c1ncn2[C@@H]1O[C@H](COP(=O)(O[C@H](CO)[C@@H](O)[C@H](O)[C@@H](O)C=O)OP(=O)(O)O)[C@@H](O)[C@H]1O. The largest absolute Gasteiger partial charge is 0.484 e. The van der Waals surface area contributed by atoms with Crippen molar-refractivity contribution in [2.24, 2.45) is 0 Å². The van der Waals surface area contributed by atoms with Crippen molar-refractivity contribution in [3.05, 3.63) is 12.7 Å². The lowest BCUT2D eigenvalue weighted by Crippen LogP contribution is -2.47. The maximum absolute atomic E-state index is 13.0. The monoisotopic (exact) mass is 589 g/mol. The van der Waals surface area contributed by atoms with E-state index in [0.29, 0.717) is 0 Å². The predicted octanol–water partition coefficient (Wildman–Crippen LogP) is -4.08. The zero-order chi connectivity index (χ0) is 28.4. The van der Waals surface area contributed by atoms with Crippen LogP contribution in [-0.4, -0.2) is 122 Å². The highest BCUT2D eigenvalue weighted by Gasteiger charge is 2.48. The third kappa shape index (κ3) is 6.76. The molecule has 1 aliphatic rings. The summed E-state index contributed by atoms with van der Waals surface area (Å²) in [7, 11) is -11.1. The summed E-state index contributed by atoms with van der Waals surface area (Å²) < 4.78 is 44.7. The van der Waals surface area contributed by atoms with Crippen LogP contribution in [0.5, 0.6) is 0 Å². The number of phosphoric ester groups is 1. The average Bonchev–Trinajstić information content (AvgIpc) is 3.40. The maximum Gasteiger partial charge on any atom is 0.484 e. The van der Waals surface area contributed by atoms with Crippen LogP contribution in [-0.2, 0) is 32.0 Å². The van der Waals surface area contributed by atoms with Crippen molar-refractivity contribution in [3.8, 4) is 0 Å². The Labute approximate surface area is 212 Å². The quantitative estimate of drug-likeness (QED) is 0.0792. The van der Waals surface area contributed by atoms with Crippen LogP contribution in [0.2, 0.25) is 0 Å². The number of imidazole rings is 1. The summed E-state index contributed by atoms with van der Waals surface area (Å²) >= 11 is 0. The van der Waals surface area contributed by atoms with E-state index < -0.39 is 77.8 Å². The van der Waals surface area contributed by atoms with Crippen molar-refractivity contribution in [2.75, 3.05) is 18.9 Å². The van der Waals surface area contributed by atoms with Crippen LogP contribution in [0.15, 0.2) is 12.7 Å². The molecule has 0 aliphatic carbocycles. The molecule has 3 rings (SSSR count). The van der Waals surface area contributed by atoms with Gasteiger partial charge >= 0.3 is 15.6 Å². The van der Waals surface area contributed by atoms with E-state index >= 15 is 0 Å². The molecule has 214 valence electrons. The number of aldehydes is 1. The first-order valence-corrected chi connectivity index (χ1v) is 13.4. The first kappa shape index (κ1) is 30.5. The molecular formula is C16H25N5O15P2. The lowest BCUT2D eigenvalue weighted by Gasteiger charge is -2.29. The molecule has 10 N–H and O–H groups in total. The fourth-order valence-electron chi connectivity index (χ4n) is 3.39. The summed E-state index contributed by atoms with van der Waals surface area (Å²) in [5, 5.41) is 59.5. The summed E-state index contributed by atoms with van der Waals surface area (Å²) in [6.07, 6.45) is -13.1. The number of nitrogen functional groups attached to an aromatic ring is 1. The first-order valence-electron chi connectivity index (χ1n) is 10.5. The van der Waals surface area contributed by atoms with Gasteiger partial charge in [0.1, 0.15) is 54.6 Å². The molecule has 0 spiro atoms. The van der Waals surface area contributed by atoms with Crippen molar-refractivity contribution >= 4 is 38.9 Å². The lowest BCUT2D eigenvalue weighted by atomic mass is 10.0. The number of carbonyl (C=O) groups excluding carboxylic acids is 1. The second-order valence-corrected chi connectivity index (χ2v) is 10.9. The number of ether oxygens (including phenoxy) is 1. The minimum Gasteiger partial charge on any atom is -0.394 e. The summed E-state index contributed by atoms with van der Waals surface area (Å²) in [5.74, 6) is 0.0146. The molecule has 2 aromatic heterocycles. The van der Waals surface area contributed by atoms with Gasteiger partial charge in [-0.25, -0.2) is 24.1 Å². The van der Waals surface area contributed by atoms with Crippen LogP contribution >= 0.6 is 15.6 Å². The number of nitrogens with two attached hydrogens (primary N) is 1. The molecule has 38 heavy (non-hydrogen) atoms. The van der Waals surface area contributed by atoms with Crippen molar-refractivity contribution in [3.63, 3.8) is 0 Å². The summed E-state index contributed by atoms with van der Waals surface area (Å²) in [5.41, 5.74) is 5.98. The Kier molecular flexibility index (Phi) is 9.67. The molecule has 22 heteroatoms. The van der Waals surface area contributed by atoms with E-state index in [9.17, 15) is 44.6 Å². The Hall–Kier alpha value is -2.00. The summed E-state index contributed by atoms with van der Waals surface area (Å²) in [4.78, 5) is 40.6.